The summed E-state index contributed by atoms with van der Waals surface area (Å²) in [4.78, 5) is 39.4. The number of carbonyl (C=O) groups excluding carboxylic acids is 2. The van der Waals surface area contributed by atoms with Crippen LogP contribution in [0.2, 0.25) is 0 Å². The summed E-state index contributed by atoms with van der Waals surface area (Å²) in [5.41, 5.74) is 3.77. The molecule has 2 heterocycles. The molecule has 0 saturated heterocycles. The third kappa shape index (κ3) is 3.24. The molecule has 0 unspecified atom stereocenters. The summed E-state index contributed by atoms with van der Waals surface area (Å²) >= 11 is 0. The van der Waals surface area contributed by atoms with Crippen LogP contribution in [0.5, 0.6) is 0 Å². The minimum Gasteiger partial charge on any atom is -0.481 e. The number of carboxylic acids is 1. The highest BCUT2D eigenvalue weighted by molar-refractivity contribution is 6.35. The molecule has 0 fully saturated rings. The number of rotatable bonds is 4. The smallest absolute Gasteiger partial charge is 0.303 e. The molecule has 0 atom stereocenters. The number of amides is 1. The quantitative estimate of drug-likeness (QED) is 0.556. The number of carboxylic acid groups (broad SMARTS) is 1. The van der Waals surface area contributed by atoms with Gasteiger partial charge in [-0.2, -0.15) is 0 Å². The van der Waals surface area contributed by atoms with Crippen LogP contribution in [0.3, 0.4) is 0 Å². The van der Waals surface area contributed by atoms with Crippen molar-refractivity contribution < 1.29 is 23.9 Å². The van der Waals surface area contributed by atoms with Gasteiger partial charge in [0.15, 0.2) is 5.78 Å². The fraction of sp³-hybridized carbons (Fsp3) is 0.286. The van der Waals surface area contributed by atoms with E-state index in [4.69, 9.17) is 5.11 Å². The van der Waals surface area contributed by atoms with Gasteiger partial charge in [-0.05, 0) is 55.5 Å². The summed E-state index contributed by atoms with van der Waals surface area (Å²) in [6, 6.07) is 4.06. The molecule has 0 bridgehead atoms. The molecule has 2 aliphatic rings. The Hall–Kier alpha value is -3.22. The van der Waals surface area contributed by atoms with Crippen molar-refractivity contribution in [2.75, 3.05) is 5.32 Å². The topological polar surface area (TPSA) is 99.3 Å². The van der Waals surface area contributed by atoms with E-state index in [1.165, 1.54) is 18.2 Å². The number of aromatic amines is 1. The highest BCUT2D eigenvalue weighted by Gasteiger charge is 2.28. The van der Waals surface area contributed by atoms with Crippen molar-refractivity contribution in [3.63, 3.8) is 0 Å². The van der Waals surface area contributed by atoms with E-state index in [-0.39, 0.29) is 30.1 Å². The number of H-pyrrole nitrogens is 1. The Morgan fingerprint density at radius 3 is 2.79 bits per heavy atom. The van der Waals surface area contributed by atoms with E-state index >= 15 is 0 Å². The number of aromatic nitrogens is 1. The third-order valence-electron chi connectivity index (χ3n) is 5.22. The lowest BCUT2D eigenvalue weighted by Gasteiger charge is -2.04. The fourth-order valence-corrected chi connectivity index (χ4v) is 3.92. The van der Waals surface area contributed by atoms with E-state index in [2.05, 4.69) is 10.3 Å². The van der Waals surface area contributed by atoms with Crippen LogP contribution in [0.1, 0.15) is 58.6 Å². The van der Waals surface area contributed by atoms with Gasteiger partial charge in [0.2, 0.25) is 0 Å². The summed E-state index contributed by atoms with van der Waals surface area (Å²) in [6.45, 7) is 0. The number of carbonyl (C=O) groups is 3. The number of aliphatic carboxylic acids is 1. The van der Waals surface area contributed by atoms with Gasteiger partial charge >= 0.3 is 5.97 Å². The number of benzene rings is 1. The van der Waals surface area contributed by atoms with E-state index < -0.39 is 11.8 Å². The number of aryl methyl sites for hydroxylation is 1. The number of fused-ring (bicyclic) bond motifs is 2. The molecule has 1 aromatic heterocycles. The maximum atomic E-state index is 13.7. The Bertz CT molecular complexity index is 1040. The molecule has 0 spiro atoms. The van der Waals surface area contributed by atoms with Crippen LogP contribution >= 0.6 is 0 Å². The Labute approximate surface area is 160 Å². The maximum absolute atomic E-state index is 13.7. The van der Waals surface area contributed by atoms with Crippen LogP contribution in [0.4, 0.5) is 10.1 Å². The molecule has 1 aromatic carbocycles. The zero-order chi connectivity index (χ0) is 19.8. The van der Waals surface area contributed by atoms with Gasteiger partial charge in [-0.15, -0.1) is 0 Å². The van der Waals surface area contributed by atoms with Gasteiger partial charge in [0.25, 0.3) is 5.91 Å². The molecule has 4 rings (SSSR count). The van der Waals surface area contributed by atoms with E-state index in [0.29, 0.717) is 40.9 Å². The number of hydrogen-bond acceptors (Lipinski definition) is 3. The Balaban J connectivity index is 1.84. The third-order valence-corrected chi connectivity index (χ3v) is 5.22. The predicted octanol–water partition coefficient (Wildman–Crippen LogP) is 3.57. The number of hydrogen-bond donors (Lipinski definition) is 3. The Morgan fingerprint density at radius 2 is 2.00 bits per heavy atom. The SMILES string of the molecule is O=C(O)CCc1c(/C=C2/C(=O)Nc3ccc(F)cc32)[nH]c2c1C(=O)CCCC2. The van der Waals surface area contributed by atoms with Gasteiger partial charge in [0.1, 0.15) is 5.82 Å². The van der Waals surface area contributed by atoms with Crippen molar-refractivity contribution in [2.45, 2.75) is 38.5 Å². The summed E-state index contributed by atoms with van der Waals surface area (Å²) in [5.74, 6) is -1.78. The second kappa shape index (κ2) is 7.07. The van der Waals surface area contributed by atoms with Crippen molar-refractivity contribution in [3.05, 3.63) is 52.1 Å². The number of ketones is 1. The second-order valence-corrected chi connectivity index (χ2v) is 7.10. The standard InChI is InChI=1S/C21H19FN2O4/c22-11-5-7-15-13(9-11)14(21(28)24-15)10-17-12(6-8-19(26)27)20-16(23-17)3-1-2-4-18(20)25/h5,7,9-10,23H,1-4,6,8H2,(H,24,28)(H,26,27)/b14-10+. The number of nitrogens with one attached hydrogen (secondary N) is 2. The molecule has 7 heteroatoms. The van der Waals surface area contributed by atoms with Crippen molar-refractivity contribution in [2.24, 2.45) is 0 Å². The molecule has 3 N–H and O–H groups in total. The minimum atomic E-state index is -0.958. The maximum Gasteiger partial charge on any atom is 0.303 e. The Morgan fingerprint density at radius 1 is 1.21 bits per heavy atom. The zero-order valence-corrected chi connectivity index (χ0v) is 15.1. The predicted molar refractivity (Wildman–Crippen MR) is 102 cm³/mol. The molecule has 28 heavy (non-hydrogen) atoms. The van der Waals surface area contributed by atoms with Crippen LogP contribution < -0.4 is 5.32 Å². The lowest BCUT2D eigenvalue weighted by atomic mass is 9.97. The van der Waals surface area contributed by atoms with Crippen molar-refractivity contribution >= 4 is 35.0 Å². The van der Waals surface area contributed by atoms with Crippen molar-refractivity contribution in [1.29, 1.82) is 0 Å². The van der Waals surface area contributed by atoms with Crippen LogP contribution in [-0.2, 0) is 22.4 Å². The van der Waals surface area contributed by atoms with E-state index in [9.17, 15) is 18.8 Å². The minimum absolute atomic E-state index is 0.00360. The molecule has 1 aliphatic carbocycles. The number of halogens is 1. The van der Waals surface area contributed by atoms with Gasteiger partial charge in [0.05, 0.1) is 5.57 Å². The summed E-state index contributed by atoms with van der Waals surface area (Å²) in [7, 11) is 0. The highest BCUT2D eigenvalue weighted by atomic mass is 19.1. The summed E-state index contributed by atoms with van der Waals surface area (Å²) in [6.07, 6.45) is 4.44. The molecular weight excluding hydrogens is 363 g/mol. The average molecular weight is 382 g/mol. The van der Waals surface area contributed by atoms with E-state index in [0.717, 1.165) is 18.5 Å². The lowest BCUT2D eigenvalue weighted by Crippen LogP contribution is -2.06. The largest absolute Gasteiger partial charge is 0.481 e. The zero-order valence-electron chi connectivity index (χ0n) is 15.1. The lowest BCUT2D eigenvalue weighted by molar-refractivity contribution is -0.137. The van der Waals surface area contributed by atoms with Gasteiger partial charge in [-0.25, -0.2) is 4.39 Å². The van der Waals surface area contributed by atoms with Gasteiger partial charge < -0.3 is 15.4 Å². The monoisotopic (exact) mass is 382 g/mol. The van der Waals surface area contributed by atoms with Crippen molar-refractivity contribution in [3.8, 4) is 0 Å². The van der Waals surface area contributed by atoms with E-state index in [1.807, 2.05) is 0 Å². The molecule has 1 aliphatic heterocycles. The molecule has 1 amide bonds. The Kier molecular flexibility index (Phi) is 4.58. The number of Topliss-reactive ketones (excluding diaryl/α,β-unsaturated/α-hetero) is 1. The molecule has 6 nitrogen and oxygen atoms in total. The summed E-state index contributed by atoms with van der Waals surface area (Å²) < 4.78 is 13.7. The van der Waals surface area contributed by atoms with Crippen LogP contribution in [0.15, 0.2) is 18.2 Å². The average Bonchev–Trinajstić information content (AvgIpc) is 3.07. The fourth-order valence-electron chi connectivity index (χ4n) is 3.92. The number of anilines is 1. The van der Waals surface area contributed by atoms with Gasteiger partial charge in [0, 0.05) is 41.0 Å². The van der Waals surface area contributed by atoms with Crippen molar-refractivity contribution in [1.82, 2.24) is 4.98 Å². The molecule has 0 radical (unpaired) electrons. The molecular formula is C21H19FN2O4. The summed E-state index contributed by atoms with van der Waals surface area (Å²) in [5, 5.41) is 11.8. The normalized spacial score (nSPS) is 17.2. The van der Waals surface area contributed by atoms with Crippen LogP contribution in [0.25, 0.3) is 11.6 Å². The molecule has 2 aromatic rings. The highest BCUT2D eigenvalue weighted by Crippen LogP contribution is 2.35. The first-order chi connectivity index (χ1) is 13.4. The van der Waals surface area contributed by atoms with Gasteiger partial charge in [-0.1, -0.05) is 0 Å². The van der Waals surface area contributed by atoms with Crippen LogP contribution in [0, 0.1) is 5.82 Å². The molecule has 0 saturated carbocycles. The first-order valence-electron chi connectivity index (χ1n) is 9.25. The van der Waals surface area contributed by atoms with E-state index in [1.54, 1.807) is 6.08 Å². The molecule has 144 valence electrons. The first-order valence-corrected chi connectivity index (χ1v) is 9.25. The van der Waals surface area contributed by atoms with Crippen LogP contribution in [-0.4, -0.2) is 27.8 Å². The van der Waals surface area contributed by atoms with Gasteiger partial charge in [-0.3, -0.25) is 14.4 Å². The first kappa shape index (κ1) is 18.2. The second-order valence-electron chi connectivity index (χ2n) is 7.10.